The molecule has 0 spiro atoms. The summed E-state index contributed by atoms with van der Waals surface area (Å²) in [7, 11) is -3.61. The van der Waals surface area contributed by atoms with E-state index >= 15 is 0 Å². The van der Waals surface area contributed by atoms with Gasteiger partial charge in [-0.15, -0.1) is 0 Å². The number of aromatic amines is 1. The van der Waals surface area contributed by atoms with Crippen LogP contribution in [0.15, 0.2) is 50.8 Å². The minimum absolute atomic E-state index is 0.0329. The first kappa shape index (κ1) is 25.0. The Balaban J connectivity index is 1.74. The Hall–Kier alpha value is -3.68. The van der Waals surface area contributed by atoms with Gasteiger partial charge in [0.25, 0.3) is 11.5 Å². The summed E-state index contributed by atoms with van der Waals surface area (Å²) in [6.07, 6.45) is -2.43. The van der Waals surface area contributed by atoms with Gasteiger partial charge in [-0.1, -0.05) is 12.1 Å². The van der Waals surface area contributed by atoms with Gasteiger partial charge in [0, 0.05) is 30.1 Å². The number of hydrogen-bond donors (Lipinski definition) is 3. The number of amides is 1. The van der Waals surface area contributed by atoms with Crippen molar-refractivity contribution in [2.75, 3.05) is 24.2 Å². The lowest BCUT2D eigenvalue weighted by Gasteiger charge is -2.18. The van der Waals surface area contributed by atoms with Crippen LogP contribution < -0.4 is 21.5 Å². The van der Waals surface area contributed by atoms with Gasteiger partial charge in [-0.3, -0.25) is 14.6 Å². The Morgan fingerprint density at radius 3 is 2.53 bits per heavy atom. The zero-order valence-corrected chi connectivity index (χ0v) is 18.9. The highest BCUT2D eigenvalue weighted by atomic mass is 32.2. The summed E-state index contributed by atoms with van der Waals surface area (Å²) in [4.78, 5) is 33.0. The second-order valence-corrected chi connectivity index (χ2v) is 9.32. The molecule has 4 N–H and O–H groups in total. The minimum atomic E-state index is -4.47. The summed E-state index contributed by atoms with van der Waals surface area (Å²) in [5.41, 5.74) is 5.45. The molecule has 0 saturated heterocycles. The molecule has 182 valence electrons. The lowest BCUT2D eigenvalue weighted by molar-refractivity contribution is -0.137. The van der Waals surface area contributed by atoms with Crippen LogP contribution in [0.1, 0.15) is 34.6 Å². The first-order valence-corrected chi connectivity index (χ1v) is 11.6. The van der Waals surface area contributed by atoms with Crippen molar-refractivity contribution in [2.45, 2.75) is 19.1 Å². The van der Waals surface area contributed by atoms with Crippen LogP contribution in [0.3, 0.4) is 0 Å². The predicted octanol–water partition coefficient (Wildman–Crippen LogP) is 1.34. The van der Waals surface area contributed by atoms with Crippen molar-refractivity contribution < 1.29 is 26.4 Å². The second kappa shape index (κ2) is 9.29. The van der Waals surface area contributed by atoms with E-state index in [1.54, 1.807) is 6.92 Å². The number of carbonyl (C=O) groups is 1. The number of halogens is 3. The predicted molar refractivity (Wildman–Crippen MR) is 119 cm³/mol. The normalized spacial score (nSPS) is 15.7. The van der Waals surface area contributed by atoms with Gasteiger partial charge in [0.1, 0.15) is 5.69 Å². The number of nitrogens with zero attached hydrogens (tertiary/aromatic N) is 3. The highest BCUT2D eigenvalue weighted by Crippen LogP contribution is 2.30. The number of hydrogen-bond acceptors (Lipinski definition) is 7. The molecule has 0 aliphatic carbocycles. The Bertz CT molecular complexity index is 1320. The van der Waals surface area contributed by atoms with Gasteiger partial charge in [0.05, 0.1) is 24.4 Å². The van der Waals surface area contributed by atoms with Crippen LogP contribution in [0, 0.1) is 0 Å². The molecule has 0 unspecified atom stereocenters. The number of nitrogens with one attached hydrogen (secondary N) is 2. The number of aromatic nitrogens is 2. The highest BCUT2D eigenvalue weighted by Gasteiger charge is 2.30. The smallest absolute Gasteiger partial charge is 0.400 e. The van der Waals surface area contributed by atoms with Crippen LogP contribution in [0.5, 0.6) is 0 Å². The zero-order valence-electron chi connectivity index (χ0n) is 18.0. The van der Waals surface area contributed by atoms with E-state index in [1.165, 1.54) is 17.0 Å². The molecule has 1 amide bonds. The molecule has 1 aromatic heterocycles. The maximum Gasteiger partial charge on any atom is 0.416 e. The summed E-state index contributed by atoms with van der Waals surface area (Å²) in [5.74, 6) is -0.677. The maximum absolute atomic E-state index is 12.7. The lowest BCUT2D eigenvalue weighted by Crippen LogP contribution is -2.31. The third kappa shape index (κ3) is 6.21. The van der Waals surface area contributed by atoms with E-state index in [4.69, 9.17) is 5.73 Å². The Morgan fingerprint density at radius 2 is 1.94 bits per heavy atom. The van der Waals surface area contributed by atoms with Crippen LogP contribution in [0.2, 0.25) is 0 Å². The number of sulfonamides is 1. The van der Waals surface area contributed by atoms with Crippen LogP contribution in [0.4, 0.5) is 19.1 Å². The van der Waals surface area contributed by atoms with Gasteiger partial charge in [-0.2, -0.15) is 17.6 Å². The van der Waals surface area contributed by atoms with Crippen LogP contribution in [-0.4, -0.2) is 49.9 Å². The van der Waals surface area contributed by atoms with Crippen molar-refractivity contribution in [3.63, 3.8) is 0 Å². The van der Waals surface area contributed by atoms with Crippen molar-refractivity contribution in [1.82, 2.24) is 15.3 Å². The van der Waals surface area contributed by atoms with E-state index in [1.807, 2.05) is 0 Å². The molecular weight excluding hydrogens is 477 g/mol. The molecule has 14 heteroatoms. The van der Waals surface area contributed by atoms with E-state index in [0.29, 0.717) is 16.8 Å². The van der Waals surface area contributed by atoms with E-state index < -0.39 is 39.3 Å². The summed E-state index contributed by atoms with van der Waals surface area (Å²) >= 11 is 0. The molecule has 3 rings (SSSR count). The summed E-state index contributed by atoms with van der Waals surface area (Å²) < 4.78 is 64.1. The SMILES string of the molecule is C[C@@H](NC(=O)c1cc(=O)[nH]c(N2CC(N)=C(C=NS(C)(=O)=O)C2)n1)c1ccc(C(F)(F)F)cc1. The number of rotatable bonds is 6. The lowest BCUT2D eigenvalue weighted by atomic mass is 10.1. The minimum Gasteiger partial charge on any atom is -0.400 e. The Morgan fingerprint density at radius 1 is 1.29 bits per heavy atom. The Kier molecular flexibility index (Phi) is 6.82. The molecule has 1 aromatic carbocycles. The molecule has 1 aliphatic rings. The number of H-pyrrole nitrogens is 1. The van der Waals surface area contributed by atoms with Gasteiger partial charge in [0.2, 0.25) is 16.0 Å². The van der Waals surface area contributed by atoms with Crippen molar-refractivity contribution in [2.24, 2.45) is 10.1 Å². The van der Waals surface area contributed by atoms with E-state index in [2.05, 4.69) is 19.7 Å². The number of alkyl halides is 3. The van der Waals surface area contributed by atoms with Crippen LogP contribution in [-0.2, 0) is 16.2 Å². The van der Waals surface area contributed by atoms with E-state index in [9.17, 15) is 31.2 Å². The standard InChI is InChI=1S/C20H21F3N6O4S/c1-11(12-3-5-14(6-4-12)20(21,22)23)26-18(31)16-7-17(30)28-19(27-16)29-9-13(15(24)10-29)8-25-34(2,32)33/h3-8,11H,9-10,24H2,1-2H3,(H,26,31)(H,27,28,30)/t11-/m1/s1. The second-order valence-electron chi connectivity index (χ2n) is 7.64. The zero-order chi connectivity index (χ0) is 25.3. The molecule has 10 nitrogen and oxygen atoms in total. The summed E-state index contributed by atoms with van der Waals surface area (Å²) in [6.45, 7) is 1.79. The average molecular weight is 498 g/mol. The molecule has 0 saturated carbocycles. The maximum atomic E-state index is 12.7. The Labute approximate surface area is 192 Å². The topological polar surface area (TPSA) is 151 Å². The number of benzene rings is 1. The molecule has 2 heterocycles. The van der Waals surface area contributed by atoms with Crippen LogP contribution >= 0.6 is 0 Å². The fraction of sp³-hybridized carbons (Fsp3) is 0.300. The van der Waals surface area contributed by atoms with Gasteiger partial charge < -0.3 is 16.0 Å². The summed E-state index contributed by atoms with van der Waals surface area (Å²) in [6, 6.07) is 4.65. The average Bonchev–Trinajstić information content (AvgIpc) is 3.11. The van der Waals surface area contributed by atoms with Gasteiger partial charge in [0.15, 0.2) is 0 Å². The third-order valence-electron chi connectivity index (χ3n) is 4.88. The molecule has 0 bridgehead atoms. The van der Waals surface area contributed by atoms with Crippen molar-refractivity contribution >= 4 is 28.1 Å². The van der Waals surface area contributed by atoms with Crippen LogP contribution in [0.25, 0.3) is 0 Å². The molecule has 34 heavy (non-hydrogen) atoms. The molecule has 1 atom stereocenters. The summed E-state index contributed by atoms with van der Waals surface area (Å²) in [5, 5.41) is 2.59. The van der Waals surface area contributed by atoms with Crippen molar-refractivity contribution in [3.8, 4) is 0 Å². The first-order chi connectivity index (χ1) is 15.7. The quantitative estimate of drug-likeness (QED) is 0.509. The van der Waals surface area contributed by atoms with Gasteiger partial charge in [-0.25, -0.2) is 13.4 Å². The number of nitrogens with two attached hydrogens (primary N) is 1. The third-order valence-corrected chi connectivity index (χ3v) is 5.37. The molecular formula is C20H21F3N6O4S. The molecule has 1 aliphatic heterocycles. The largest absolute Gasteiger partial charge is 0.416 e. The fourth-order valence-electron chi connectivity index (χ4n) is 3.13. The monoisotopic (exact) mass is 498 g/mol. The first-order valence-electron chi connectivity index (χ1n) is 9.80. The fourth-order valence-corrected chi connectivity index (χ4v) is 3.45. The van der Waals surface area contributed by atoms with Crippen molar-refractivity contribution in [3.05, 3.63) is 68.8 Å². The molecule has 0 fully saturated rings. The van der Waals surface area contributed by atoms with E-state index in [-0.39, 0.29) is 24.7 Å². The van der Waals surface area contributed by atoms with E-state index in [0.717, 1.165) is 30.7 Å². The highest BCUT2D eigenvalue weighted by molar-refractivity contribution is 7.89. The number of carbonyl (C=O) groups excluding carboxylic acids is 1. The van der Waals surface area contributed by atoms with Gasteiger partial charge >= 0.3 is 6.18 Å². The van der Waals surface area contributed by atoms with Crippen molar-refractivity contribution in [1.29, 1.82) is 0 Å². The molecule has 0 radical (unpaired) electrons. The molecule has 2 aromatic rings. The van der Waals surface area contributed by atoms with Gasteiger partial charge in [-0.05, 0) is 24.6 Å². The number of anilines is 1.